The molecule has 0 aromatic heterocycles. The summed E-state index contributed by atoms with van der Waals surface area (Å²) < 4.78 is 28.7. The van der Waals surface area contributed by atoms with Gasteiger partial charge in [-0.05, 0) is 30.9 Å². The summed E-state index contributed by atoms with van der Waals surface area (Å²) in [5.74, 6) is 0. The van der Waals surface area contributed by atoms with Crippen LogP contribution in [0.25, 0.3) is 0 Å². The van der Waals surface area contributed by atoms with Crippen LogP contribution >= 0.6 is 0 Å². The lowest BCUT2D eigenvalue weighted by molar-refractivity contribution is 0.265. The Morgan fingerprint density at radius 1 is 1.25 bits per heavy atom. The molecule has 2 rings (SSSR count). The number of hydrogen-bond donors (Lipinski definition) is 2. The highest BCUT2D eigenvalue weighted by molar-refractivity contribution is 7.87. The fraction of sp³-hybridized carbons (Fsp3) is 0.571. The van der Waals surface area contributed by atoms with E-state index in [2.05, 4.69) is 4.72 Å². The molecule has 6 heteroatoms. The van der Waals surface area contributed by atoms with E-state index in [1.165, 1.54) is 0 Å². The van der Waals surface area contributed by atoms with E-state index in [-0.39, 0.29) is 19.2 Å². The molecule has 1 aliphatic rings. The molecule has 0 saturated carbocycles. The van der Waals surface area contributed by atoms with Gasteiger partial charge in [-0.25, -0.2) is 0 Å². The van der Waals surface area contributed by atoms with Gasteiger partial charge in [0.1, 0.15) is 0 Å². The van der Waals surface area contributed by atoms with Crippen molar-refractivity contribution in [3.8, 4) is 0 Å². The minimum atomic E-state index is -3.41. The SMILES string of the molecule is CC1CCCCN1S(=O)(=O)NCc1ccc(CO)cc1. The summed E-state index contributed by atoms with van der Waals surface area (Å²) in [6.45, 7) is 2.82. The van der Waals surface area contributed by atoms with Crippen LogP contribution in [0, 0.1) is 0 Å². The molecule has 1 aromatic carbocycles. The van der Waals surface area contributed by atoms with Gasteiger partial charge in [0.15, 0.2) is 0 Å². The van der Waals surface area contributed by atoms with E-state index in [1.54, 1.807) is 16.4 Å². The zero-order valence-corrected chi connectivity index (χ0v) is 12.6. The molecule has 2 N–H and O–H groups in total. The fourth-order valence-corrected chi connectivity index (χ4v) is 3.91. The van der Waals surface area contributed by atoms with Crippen LogP contribution in [0.5, 0.6) is 0 Å². The van der Waals surface area contributed by atoms with Crippen molar-refractivity contribution in [2.24, 2.45) is 0 Å². The molecule has 112 valence electrons. The Hall–Kier alpha value is -0.950. The van der Waals surface area contributed by atoms with Crippen molar-refractivity contribution in [1.82, 2.24) is 9.03 Å². The van der Waals surface area contributed by atoms with Gasteiger partial charge >= 0.3 is 0 Å². The lowest BCUT2D eigenvalue weighted by atomic mass is 10.1. The number of aliphatic hydroxyl groups excluding tert-OH is 1. The van der Waals surface area contributed by atoms with Crippen molar-refractivity contribution < 1.29 is 13.5 Å². The number of hydrogen-bond acceptors (Lipinski definition) is 3. The van der Waals surface area contributed by atoms with Crippen molar-refractivity contribution in [3.63, 3.8) is 0 Å². The van der Waals surface area contributed by atoms with Crippen LogP contribution in [0.4, 0.5) is 0 Å². The van der Waals surface area contributed by atoms with E-state index >= 15 is 0 Å². The van der Waals surface area contributed by atoms with Gasteiger partial charge in [0.2, 0.25) is 0 Å². The molecule has 5 nitrogen and oxygen atoms in total. The van der Waals surface area contributed by atoms with Gasteiger partial charge in [-0.2, -0.15) is 17.4 Å². The van der Waals surface area contributed by atoms with E-state index in [1.807, 2.05) is 19.1 Å². The lowest BCUT2D eigenvalue weighted by Crippen LogP contribution is -2.47. The van der Waals surface area contributed by atoms with Crippen molar-refractivity contribution in [2.45, 2.75) is 45.4 Å². The van der Waals surface area contributed by atoms with E-state index in [0.717, 1.165) is 30.4 Å². The molecule has 1 saturated heterocycles. The molecule has 1 aromatic rings. The third kappa shape index (κ3) is 3.79. The molecule has 1 heterocycles. The van der Waals surface area contributed by atoms with Crippen LogP contribution in [0.1, 0.15) is 37.3 Å². The average molecular weight is 298 g/mol. The maximum absolute atomic E-state index is 12.3. The van der Waals surface area contributed by atoms with Gasteiger partial charge in [0.25, 0.3) is 10.2 Å². The molecule has 0 amide bonds. The molecule has 0 bridgehead atoms. The van der Waals surface area contributed by atoms with Crippen molar-refractivity contribution in [2.75, 3.05) is 6.54 Å². The van der Waals surface area contributed by atoms with Crippen LogP contribution in [-0.2, 0) is 23.4 Å². The number of benzene rings is 1. The summed E-state index contributed by atoms with van der Waals surface area (Å²) in [5.41, 5.74) is 1.71. The first-order valence-corrected chi connectivity index (χ1v) is 8.42. The first kappa shape index (κ1) is 15.4. The Kier molecular flexibility index (Phi) is 5.15. The maximum atomic E-state index is 12.3. The van der Waals surface area contributed by atoms with Gasteiger partial charge < -0.3 is 5.11 Å². The zero-order chi connectivity index (χ0) is 14.6. The summed E-state index contributed by atoms with van der Waals surface area (Å²) in [6, 6.07) is 7.32. The Morgan fingerprint density at radius 2 is 1.90 bits per heavy atom. The van der Waals surface area contributed by atoms with Gasteiger partial charge in [-0.15, -0.1) is 0 Å². The molecular weight excluding hydrogens is 276 g/mol. The predicted octanol–water partition coefficient (Wildman–Crippen LogP) is 1.39. The number of rotatable bonds is 5. The first-order valence-electron chi connectivity index (χ1n) is 6.98. The number of nitrogens with zero attached hydrogens (tertiary/aromatic N) is 1. The summed E-state index contributed by atoms with van der Waals surface area (Å²) in [5, 5.41) is 8.97. The van der Waals surface area contributed by atoms with Crippen LogP contribution in [0.2, 0.25) is 0 Å². The number of nitrogens with one attached hydrogen (secondary N) is 1. The summed E-state index contributed by atoms with van der Waals surface area (Å²) in [4.78, 5) is 0. The van der Waals surface area contributed by atoms with Crippen LogP contribution in [0.3, 0.4) is 0 Å². The van der Waals surface area contributed by atoms with E-state index in [0.29, 0.717) is 6.54 Å². The zero-order valence-electron chi connectivity index (χ0n) is 11.7. The molecule has 1 atom stereocenters. The topological polar surface area (TPSA) is 69.6 Å². The first-order chi connectivity index (χ1) is 9.53. The van der Waals surface area contributed by atoms with Crippen molar-refractivity contribution >= 4 is 10.2 Å². The fourth-order valence-electron chi connectivity index (χ4n) is 2.45. The highest BCUT2D eigenvalue weighted by atomic mass is 32.2. The standard InChI is InChI=1S/C14H22N2O3S/c1-12-4-2-3-9-16(12)20(18,19)15-10-13-5-7-14(11-17)8-6-13/h5-8,12,15,17H,2-4,9-11H2,1H3. The highest BCUT2D eigenvalue weighted by Gasteiger charge is 2.28. The average Bonchev–Trinajstić information content (AvgIpc) is 2.46. The largest absolute Gasteiger partial charge is 0.392 e. The van der Waals surface area contributed by atoms with E-state index in [4.69, 9.17) is 5.11 Å². The maximum Gasteiger partial charge on any atom is 0.279 e. The summed E-state index contributed by atoms with van der Waals surface area (Å²) in [7, 11) is -3.41. The van der Waals surface area contributed by atoms with Crippen LogP contribution in [0.15, 0.2) is 24.3 Å². The lowest BCUT2D eigenvalue weighted by Gasteiger charge is -2.32. The molecule has 0 spiro atoms. The second-order valence-corrected chi connectivity index (χ2v) is 6.96. The Balaban J connectivity index is 1.97. The molecule has 0 aliphatic carbocycles. The molecule has 1 unspecified atom stereocenters. The van der Waals surface area contributed by atoms with E-state index in [9.17, 15) is 8.42 Å². The number of aliphatic hydroxyl groups is 1. The Bertz CT molecular complexity index is 528. The predicted molar refractivity (Wildman–Crippen MR) is 78.1 cm³/mol. The monoisotopic (exact) mass is 298 g/mol. The highest BCUT2D eigenvalue weighted by Crippen LogP contribution is 2.19. The molecular formula is C14H22N2O3S. The number of piperidine rings is 1. The third-order valence-electron chi connectivity index (χ3n) is 3.71. The molecule has 20 heavy (non-hydrogen) atoms. The van der Waals surface area contributed by atoms with Crippen LogP contribution in [-0.4, -0.2) is 30.4 Å². The normalized spacial score (nSPS) is 21.0. The second kappa shape index (κ2) is 6.67. The molecule has 1 aliphatic heterocycles. The Labute approximate surface area is 120 Å². The smallest absolute Gasteiger partial charge is 0.279 e. The minimum absolute atomic E-state index is 0.00268. The summed E-state index contributed by atoms with van der Waals surface area (Å²) >= 11 is 0. The van der Waals surface area contributed by atoms with Gasteiger partial charge in [0.05, 0.1) is 6.61 Å². The van der Waals surface area contributed by atoms with Gasteiger partial charge in [-0.3, -0.25) is 0 Å². The van der Waals surface area contributed by atoms with Gasteiger partial charge in [0, 0.05) is 19.1 Å². The Morgan fingerprint density at radius 3 is 2.50 bits per heavy atom. The van der Waals surface area contributed by atoms with Crippen molar-refractivity contribution in [1.29, 1.82) is 0 Å². The summed E-state index contributed by atoms with van der Waals surface area (Å²) in [6.07, 6.45) is 2.94. The minimum Gasteiger partial charge on any atom is -0.392 e. The van der Waals surface area contributed by atoms with E-state index < -0.39 is 10.2 Å². The molecule has 1 fully saturated rings. The van der Waals surface area contributed by atoms with Gasteiger partial charge in [-0.1, -0.05) is 30.7 Å². The molecule has 0 radical (unpaired) electrons. The third-order valence-corrected chi connectivity index (χ3v) is 5.38. The quantitative estimate of drug-likeness (QED) is 0.863. The second-order valence-electron chi connectivity index (χ2n) is 5.26. The van der Waals surface area contributed by atoms with Crippen LogP contribution < -0.4 is 4.72 Å². The van der Waals surface area contributed by atoms with Crippen molar-refractivity contribution in [3.05, 3.63) is 35.4 Å².